The van der Waals surface area contributed by atoms with Crippen molar-refractivity contribution in [3.63, 3.8) is 0 Å². The van der Waals surface area contributed by atoms with Gasteiger partial charge in [-0.15, -0.1) is 0 Å². The van der Waals surface area contributed by atoms with Crippen molar-refractivity contribution in [3.05, 3.63) is 60.7 Å². The molecule has 0 radical (unpaired) electrons. The minimum atomic E-state index is -0.0192. The summed E-state index contributed by atoms with van der Waals surface area (Å²) >= 11 is 1.44. The molecule has 0 saturated carbocycles. The summed E-state index contributed by atoms with van der Waals surface area (Å²) in [5, 5.41) is 14.4. The van der Waals surface area contributed by atoms with Crippen LogP contribution in [0.1, 0.15) is 5.56 Å². The zero-order valence-corrected chi connectivity index (χ0v) is 18.0. The molecule has 1 N–H and O–H groups in total. The van der Waals surface area contributed by atoms with Crippen LogP contribution in [0, 0.1) is 6.92 Å². The topological polar surface area (TPSA) is 69.6 Å². The molecule has 0 aliphatic carbocycles. The van der Waals surface area contributed by atoms with Gasteiger partial charge in [0.1, 0.15) is 10.8 Å². The maximum atomic E-state index is 11.9. The third kappa shape index (κ3) is 3.41. The Hall–Kier alpha value is -3.45. The number of fused-ring (bicyclic) bond motifs is 2. The van der Waals surface area contributed by atoms with Crippen LogP contribution in [0.15, 0.2) is 55.1 Å². The molecule has 0 atom stereocenters. The Labute approximate surface area is 184 Å². The van der Waals surface area contributed by atoms with Crippen molar-refractivity contribution >= 4 is 44.2 Å². The van der Waals surface area contributed by atoms with Crippen molar-refractivity contribution in [2.75, 3.05) is 31.1 Å². The minimum absolute atomic E-state index is 0.0192. The van der Waals surface area contributed by atoms with E-state index in [1.165, 1.54) is 17.6 Å². The number of hydrogen-bond donors (Lipinski definition) is 1. The van der Waals surface area contributed by atoms with Gasteiger partial charge in [-0.25, -0.2) is 4.98 Å². The van der Waals surface area contributed by atoms with Crippen LogP contribution in [0.2, 0.25) is 0 Å². The van der Waals surface area contributed by atoms with Crippen LogP contribution in [0.3, 0.4) is 0 Å². The van der Waals surface area contributed by atoms with Gasteiger partial charge in [-0.1, -0.05) is 30.8 Å². The van der Waals surface area contributed by atoms with Crippen LogP contribution in [0.4, 0.5) is 5.00 Å². The van der Waals surface area contributed by atoms with E-state index in [4.69, 9.17) is 4.98 Å². The number of rotatable bonds is 3. The average molecular weight is 431 g/mol. The zero-order valence-electron chi connectivity index (χ0n) is 17.2. The fraction of sp³-hybridized carbons (Fsp3) is 0.208. The number of anilines is 1. The third-order valence-electron chi connectivity index (χ3n) is 5.80. The molecular weight excluding hydrogens is 408 g/mol. The van der Waals surface area contributed by atoms with Crippen molar-refractivity contribution in [2.24, 2.45) is 0 Å². The summed E-state index contributed by atoms with van der Waals surface area (Å²) in [5.41, 5.74) is 3.47. The lowest BCUT2D eigenvalue weighted by Gasteiger charge is -2.34. The number of hydrogen-bond acceptors (Lipinski definition) is 6. The monoisotopic (exact) mass is 430 g/mol. The zero-order chi connectivity index (χ0) is 21.5. The van der Waals surface area contributed by atoms with E-state index in [0.717, 1.165) is 51.1 Å². The maximum absolute atomic E-state index is 11.9. The average Bonchev–Trinajstić information content (AvgIpc) is 3.20. The quantitative estimate of drug-likeness (QED) is 0.489. The number of carbonyl (C=O) groups excluding carboxylic acids is 1. The maximum Gasteiger partial charge on any atom is 0.246 e. The standard InChI is InChI=1S/C24H22N4O2S/c1-3-21(30)27-8-10-28(11-9-27)24-20-12-15(2)22(25-23(20)26-31-24)19-14-17(29)13-16-6-4-5-7-18(16)19/h3-7,12-14,29H,1,8-11H2,2H3. The molecule has 5 rings (SSSR count). The van der Waals surface area contributed by atoms with Crippen LogP contribution >= 0.6 is 11.5 Å². The van der Waals surface area contributed by atoms with E-state index in [2.05, 4.69) is 21.9 Å². The van der Waals surface area contributed by atoms with Crippen LogP contribution in [-0.4, -0.2) is 51.5 Å². The smallest absolute Gasteiger partial charge is 0.246 e. The number of carbonyl (C=O) groups is 1. The van der Waals surface area contributed by atoms with E-state index >= 15 is 0 Å². The van der Waals surface area contributed by atoms with E-state index in [1.807, 2.05) is 36.1 Å². The first kappa shape index (κ1) is 19.5. The number of amides is 1. The second-order valence-electron chi connectivity index (χ2n) is 7.74. The molecule has 156 valence electrons. The van der Waals surface area contributed by atoms with Crippen LogP contribution in [0.5, 0.6) is 5.75 Å². The number of benzene rings is 2. The molecule has 3 heterocycles. The summed E-state index contributed by atoms with van der Waals surface area (Å²) in [7, 11) is 0. The van der Waals surface area contributed by atoms with Gasteiger partial charge in [-0.2, -0.15) is 4.37 Å². The van der Waals surface area contributed by atoms with Crippen molar-refractivity contribution in [1.82, 2.24) is 14.3 Å². The molecule has 0 bridgehead atoms. The van der Waals surface area contributed by atoms with Gasteiger partial charge in [0.2, 0.25) is 5.91 Å². The molecule has 2 aromatic heterocycles. The van der Waals surface area contributed by atoms with Gasteiger partial charge in [0.15, 0.2) is 5.65 Å². The highest BCUT2D eigenvalue weighted by molar-refractivity contribution is 7.11. The Balaban J connectivity index is 1.53. The largest absolute Gasteiger partial charge is 0.508 e. The minimum Gasteiger partial charge on any atom is -0.508 e. The number of aryl methyl sites for hydroxylation is 1. The second kappa shape index (κ2) is 7.67. The number of phenolic OH excluding ortho intramolecular Hbond substituents is 1. The van der Waals surface area contributed by atoms with E-state index in [0.29, 0.717) is 18.7 Å². The molecule has 1 aliphatic rings. The first-order chi connectivity index (χ1) is 15.0. The number of nitrogens with zero attached hydrogens (tertiary/aromatic N) is 4. The molecule has 7 heteroatoms. The summed E-state index contributed by atoms with van der Waals surface area (Å²) < 4.78 is 4.62. The first-order valence-electron chi connectivity index (χ1n) is 10.2. The fourth-order valence-corrected chi connectivity index (χ4v) is 5.08. The van der Waals surface area contributed by atoms with Crippen molar-refractivity contribution in [1.29, 1.82) is 0 Å². The molecule has 0 unspecified atom stereocenters. The Morgan fingerprint density at radius 3 is 2.68 bits per heavy atom. The van der Waals surface area contributed by atoms with Gasteiger partial charge in [-0.3, -0.25) is 4.79 Å². The molecule has 6 nitrogen and oxygen atoms in total. The number of aromatic nitrogens is 2. The van der Waals surface area contributed by atoms with Gasteiger partial charge in [0.25, 0.3) is 0 Å². The lowest BCUT2D eigenvalue weighted by atomic mass is 9.98. The van der Waals surface area contributed by atoms with Crippen LogP contribution in [0.25, 0.3) is 33.1 Å². The number of pyridine rings is 1. The summed E-state index contributed by atoms with van der Waals surface area (Å²) in [6.45, 7) is 8.48. The van der Waals surface area contributed by atoms with Crippen molar-refractivity contribution in [3.8, 4) is 17.0 Å². The summed E-state index contributed by atoms with van der Waals surface area (Å²) in [6.07, 6.45) is 1.37. The summed E-state index contributed by atoms with van der Waals surface area (Å²) in [4.78, 5) is 20.8. The van der Waals surface area contributed by atoms with Gasteiger partial charge in [0, 0.05) is 31.7 Å². The Bertz CT molecular complexity index is 1320. The fourth-order valence-electron chi connectivity index (χ4n) is 4.22. The predicted molar refractivity (Wildman–Crippen MR) is 126 cm³/mol. The normalized spacial score (nSPS) is 14.4. The predicted octanol–water partition coefficient (Wildman–Crippen LogP) is 4.36. The second-order valence-corrected chi connectivity index (χ2v) is 8.50. The lowest BCUT2D eigenvalue weighted by Crippen LogP contribution is -2.48. The molecule has 1 saturated heterocycles. The molecule has 1 aliphatic heterocycles. The van der Waals surface area contributed by atoms with E-state index in [1.54, 1.807) is 12.1 Å². The van der Waals surface area contributed by atoms with E-state index < -0.39 is 0 Å². The molecule has 1 fully saturated rings. The van der Waals surface area contributed by atoms with Gasteiger partial charge in [0.05, 0.1) is 11.1 Å². The SMILES string of the molecule is C=CC(=O)N1CCN(c2snc3nc(-c4cc(O)cc5ccccc45)c(C)cc23)CC1. The van der Waals surface area contributed by atoms with E-state index in [-0.39, 0.29) is 11.7 Å². The highest BCUT2D eigenvalue weighted by Gasteiger charge is 2.23. The number of piperazine rings is 1. The summed E-state index contributed by atoms with van der Waals surface area (Å²) in [6, 6.07) is 13.7. The highest BCUT2D eigenvalue weighted by atomic mass is 32.1. The highest BCUT2D eigenvalue weighted by Crippen LogP contribution is 2.37. The van der Waals surface area contributed by atoms with Gasteiger partial charge in [-0.05, 0) is 59.1 Å². The summed E-state index contributed by atoms with van der Waals surface area (Å²) in [5.74, 6) is 0.204. The molecule has 1 amide bonds. The molecule has 2 aromatic carbocycles. The molecule has 0 spiro atoms. The van der Waals surface area contributed by atoms with Crippen molar-refractivity contribution in [2.45, 2.75) is 6.92 Å². The first-order valence-corrected chi connectivity index (χ1v) is 11.0. The van der Waals surface area contributed by atoms with Gasteiger partial charge >= 0.3 is 0 Å². The lowest BCUT2D eigenvalue weighted by molar-refractivity contribution is -0.126. The molecule has 4 aromatic rings. The van der Waals surface area contributed by atoms with Gasteiger partial charge < -0.3 is 14.9 Å². The van der Waals surface area contributed by atoms with Crippen molar-refractivity contribution < 1.29 is 9.90 Å². The van der Waals surface area contributed by atoms with Crippen LogP contribution < -0.4 is 4.90 Å². The third-order valence-corrected chi connectivity index (χ3v) is 6.71. The van der Waals surface area contributed by atoms with E-state index in [9.17, 15) is 9.90 Å². The molecular formula is C24H22N4O2S. The number of phenols is 1. The Morgan fingerprint density at radius 2 is 1.90 bits per heavy atom. The number of aromatic hydroxyl groups is 1. The molecule has 31 heavy (non-hydrogen) atoms. The Kier molecular flexibility index (Phi) is 4.82. The Morgan fingerprint density at radius 1 is 1.13 bits per heavy atom. The van der Waals surface area contributed by atoms with Crippen LogP contribution in [-0.2, 0) is 4.79 Å².